The first-order valence-electron chi connectivity index (χ1n) is 3.87. The summed E-state index contributed by atoms with van der Waals surface area (Å²) in [5.74, 6) is -0.774. The van der Waals surface area contributed by atoms with Crippen LogP contribution in [0.4, 0.5) is 0 Å². The Balaban J connectivity index is 0. The Labute approximate surface area is 102 Å². The Morgan fingerprint density at radius 2 is 2.08 bits per heavy atom. The van der Waals surface area contributed by atoms with Gasteiger partial charge in [-0.2, -0.15) is 0 Å². The van der Waals surface area contributed by atoms with E-state index in [1.54, 1.807) is 0 Å². The molecule has 0 radical (unpaired) electrons. The van der Waals surface area contributed by atoms with E-state index in [1.807, 2.05) is 32.0 Å². The van der Waals surface area contributed by atoms with Crippen LogP contribution in [0.25, 0.3) is 0 Å². The standard InChI is InChI=1S/C10H12O2.Na.H/c1-7-3-4-8(2)9(5-7)6-10(11)12;;/h3-5H,6H2,1-2H3,(H,11,12);;/q;+1;-1. The average molecular weight is 188 g/mol. The third-order valence-electron chi connectivity index (χ3n) is 1.85. The largest absolute Gasteiger partial charge is 1.00 e. The van der Waals surface area contributed by atoms with Gasteiger partial charge in [-0.1, -0.05) is 23.8 Å². The summed E-state index contributed by atoms with van der Waals surface area (Å²) in [6, 6.07) is 5.86. The van der Waals surface area contributed by atoms with Gasteiger partial charge in [-0.05, 0) is 25.0 Å². The summed E-state index contributed by atoms with van der Waals surface area (Å²) in [7, 11) is 0. The molecule has 0 bridgehead atoms. The minimum Gasteiger partial charge on any atom is -1.00 e. The molecule has 0 saturated carbocycles. The van der Waals surface area contributed by atoms with E-state index in [4.69, 9.17) is 5.11 Å². The van der Waals surface area contributed by atoms with Crippen LogP contribution in [0.3, 0.4) is 0 Å². The van der Waals surface area contributed by atoms with E-state index in [1.165, 1.54) is 0 Å². The summed E-state index contributed by atoms with van der Waals surface area (Å²) in [5, 5.41) is 8.58. The van der Waals surface area contributed by atoms with Crippen LogP contribution >= 0.6 is 0 Å². The molecule has 1 rings (SSSR count). The van der Waals surface area contributed by atoms with Crippen molar-refractivity contribution in [1.82, 2.24) is 0 Å². The van der Waals surface area contributed by atoms with Crippen LogP contribution in [0, 0.1) is 13.8 Å². The summed E-state index contributed by atoms with van der Waals surface area (Å²) >= 11 is 0. The SMILES string of the molecule is Cc1ccc(C)c(CC(=O)O)c1.[H-].[Na+]. The predicted octanol–water partition coefficient (Wildman–Crippen LogP) is -0.953. The summed E-state index contributed by atoms with van der Waals surface area (Å²) in [5.41, 5.74) is 3.06. The van der Waals surface area contributed by atoms with Crippen LogP contribution < -0.4 is 29.6 Å². The number of hydrogen-bond acceptors (Lipinski definition) is 1. The summed E-state index contributed by atoms with van der Waals surface area (Å²) in [4.78, 5) is 10.4. The number of carboxylic acids is 1. The molecule has 1 N–H and O–H groups in total. The number of rotatable bonds is 2. The van der Waals surface area contributed by atoms with E-state index in [0.717, 1.165) is 16.7 Å². The quantitative estimate of drug-likeness (QED) is 0.607. The average Bonchev–Trinajstić information content (AvgIpc) is 1.96. The molecule has 1 aromatic rings. The Morgan fingerprint density at radius 3 is 2.62 bits per heavy atom. The van der Waals surface area contributed by atoms with Gasteiger partial charge in [0.2, 0.25) is 0 Å². The zero-order chi connectivity index (χ0) is 9.14. The molecule has 0 amide bonds. The number of hydrogen-bond donors (Lipinski definition) is 1. The van der Waals surface area contributed by atoms with Gasteiger partial charge in [0.15, 0.2) is 0 Å². The Kier molecular flexibility index (Phi) is 5.30. The Hall–Kier alpha value is -0.310. The minimum atomic E-state index is -0.774. The maximum Gasteiger partial charge on any atom is 1.00 e. The first-order valence-corrected chi connectivity index (χ1v) is 3.87. The zero-order valence-corrected chi connectivity index (χ0v) is 10.3. The van der Waals surface area contributed by atoms with E-state index in [2.05, 4.69) is 0 Å². The molecule has 0 saturated heterocycles. The Morgan fingerprint density at radius 1 is 1.46 bits per heavy atom. The minimum absolute atomic E-state index is 0. The van der Waals surface area contributed by atoms with Crippen LogP contribution in [0.2, 0.25) is 0 Å². The summed E-state index contributed by atoms with van der Waals surface area (Å²) in [6.45, 7) is 3.89. The van der Waals surface area contributed by atoms with Crippen molar-refractivity contribution >= 4 is 5.97 Å². The van der Waals surface area contributed by atoms with Crippen LogP contribution in [0.5, 0.6) is 0 Å². The fourth-order valence-electron chi connectivity index (χ4n) is 1.15. The second-order valence-corrected chi connectivity index (χ2v) is 3.00. The van der Waals surface area contributed by atoms with E-state index in [0.29, 0.717) is 0 Å². The van der Waals surface area contributed by atoms with Gasteiger partial charge in [-0.15, -0.1) is 0 Å². The van der Waals surface area contributed by atoms with Crippen LogP contribution in [0.1, 0.15) is 18.1 Å². The molecule has 3 heteroatoms. The first kappa shape index (κ1) is 12.7. The fourth-order valence-corrected chi connectivity index (χ4v) is 1.15. The number of carbonyl (C=O) groups is 1. The normalized spacial score (nSPS) is 9.08. The molecule has 66 valence electrons. The smallest absolute Gasteiger partial charge is 1.00 e. The topological polar surface area (TPSA) is 37.3 Å². The van der Waals surface area contributed by atoms with E-state index < -0.39 is 5.97 Å². The van der Waals surface area contributed by atoms with Crippen LogP contribution in [0.15, 0.2) is 18.2 Å². The van der Waals surface area contributed by atoms with Crippen molar-refractivity contribution in [1.29, 1.82) is 0 Å². The molecule has 0 atom stereocenters. The Bertz CT molecular complexity index is 313. The first-order chi connectivity index (χ1) is 5.59. The molecule has 0 aliphatic rings. The van der Waals surface area contributed by atoms with Gasteiger partial charge < -0.3 is 6.53 Å². The molecule has 0 aromatic heterocycles. The molecule has 0 aliphatic heterocycles. The molecule has 0 aliphatic carbocycles. The number of benzene rings is 1. The van der Waals surface area contributed by atoms with Crippen molar-refractivity contribution in [2.75, 3.05) is 0 Å². The van der Waals surface area contributed by atoms with Crippen molar-refractivity contribution < 1.29 is 40.9 Å². The molecular formula is C10H13NaO2. The van der Waals surface area contributed by atoms with Crippen molar-refractivity contribution in [3.05, 3.63) is 34.9 Å². The van der Waals surface area contributed by atoms with Gasteiger partial charge in [0.05, 0.1) is 6.42 Å². The number of aliphatic carboxylic acids is 1. The third-order valence-corrected chi connectivity index (χ3v) is 1.85. The van der Waals surface area contributed by atoms with Crippen molar-refractivity contribution in [2.45, 2.75) is 20.3 Å². The summed E-state index contributed by atoms with van der Waals surface area (Å²) < 4.78 is 0. The van der Waals surface area contributed by atoms with E-state index in [9.17, 15) is 4.79 Å². The van der Waals surface area contributed by atoms with E-state index >= 15 is 0 Å². The molecular weight excluding hydrogens is 175 g/mol. The predicted molar refractivity (Wildman–Crippen MR) is 48.4 cm³/mol. The monoisotopic (exact) mass is 188 g/mol. The van der Waals surface area contributed by atoms with Gasteiger partial charge in [-0.3, -0.25) is 4.79 Å². The van der Waals surface area contributed by atoms with Crippen LogP contribution in [-0.2, 0) is 11.2 Å². The number of carboxylic acid groups (broad SMARTS) is 1. The maximum absolute atomic E-state index is 10.4. The molecule has 0 heterocycles. The fraction of sp³-hybridized carbons (Fsp3) is 0.300. The van der Waals surface area contributed by atoms with Crippen molar-refractivity contribution in [3.63, 3.8) is 0 Å². The second kappa shape index (κ2) is 5.43. The van der Waals surface area contributed by atoms with Gasteiger partial charge >= 0.3 is 35.5 Å². The zero-order valence-electron chi connectivity index (χ0n) is 9.29. The summed E-state index contributed by atoms with van der Waals surface area (Å²) in [6.07, 6.45) is 0.119. The van der Waals surface area contributed by atoms with Gasteiger partial charge in [-0.25, -0.2) is 0 Å². The van der Waals surface area contributed by atoms with Gasteiger partial charge in [0.25, 0.3) is 0 Å². The van der Waals surface area contributed by atoms with Crippen molar-refractivity contribution in [2.24, 2.45) is 0 Å². The van der Waals surface area contributed by atoms with Crippen LogP contribution in [-0.4, -0.2) is 11.1 Å². The molecule has 2 nitrogen and oxygen atoms in total. The molecule has 13 heavy (non-hydrogen) atoms. The van der Waals surface area contributed by atoms with Gasteiger partial charge in [0.1, 0.15) is 0 Å². The van der Waals surface area contributed by atoms with Gasteiger partial charge in [0, 0.05) is 0 Å². The second-order valence-electron chi connectivity index (χ2n) is 3.00. The molecule has 0 spiro atoms. The molecule has 0 unspecified atom stereocenters. The molecule has 1 aromatic carbocycles. The maximum atomic E-state index is 10.4. The molecule has 0 fully saturated rings. The third kappa shape index (κ3) is 3.94. The van der Waals surface area contributed by atoms with Crippen molar-refractivity contribution in [3.8, 4) is 0 Å². The number of aryl methyl sites for hydroxylation is 2. The van der Waals surface area contributed by atoms with E-state index in [-0.39, 0.29) is 37.4 Å².